The van der Waals surface area contributed by atoms with Crippen LogP contribution in [0, 0.1) is 12.3 Å². The number of alkyl halides is 3. The number of hydrogen-bond donors (Lipinski definition) is 2. The summed E-state index contributed by atoms with van der Waals surface area (Å²) in [7, 11) is 2.13. The van der Waals surface area contributed by atoms with Gasteiger partial charge in [0.2, 0.25) is 0 Å². The number of benzene rings is 1. The van der Waals surface area contributed by atoms with Crippen molar-refractivity contribution in [3.63, 3.8) is 0 Å². The van der Waals surface area contributed by atoms with E-state index in [-0.39, 0.29) is 28.6 Å². The maximum absolute atomic E-state index is 13.8. The molecule has 2 aliphatic heterocycles. The van der Waals surface area contributed by atoms with Crippen molar-refractivity contribution < 1.29 is 22.7 Å². The van der Waals surface area contributed by atoms with Gasteiger partial charge in [-0.15, -0.1) is 0 Å². The van der Waals surface area contributed by atoms with E-state index < -0.39 is 23.7 Å². The smallest absolute Gasteiger partial charge is 0.381 e. The van der Waals surface area contributed by atoms with Gasteiger partial charge in [0.05, 0.1) is 22.9 Å². The number of anilines is 1. The summed E-state index contributed by atoms with van der Waals surface area (Å²) < 4.78 is 47.7. The summed E-state index contributed by atoms with van der Waals surface area (Å²) in [5.74, 6) is -0.429. The molecule has 1 aromatic heterocycles. The van der Waals surface area contributed by atoms with E-state index in [1.807, 2.05) is 0 Å². The van der Waals surface area contributed by atoms with Crippen LogP contribution in [0.2, 0.25) is 0 Å². The summed E-state index contributed by atoms with van der Waals surface area (Å²) >= 11 is 0. The highest BCUT2D eigenvalue weighted by molar-refractivity contribution is 5.99. The van der Waals surface area contributed by atoms with Gasteiger partial charge in [-0.05, 0) is 83.2 Å². The van der Waals surface area contributed by atoms with E-state index in [1.54, 1.807) is 23.8 Å². The zero-order valence-corrected chi connectivity index (χ0v) is 23.4. The van der Waals surface area contributed by atoms with Crippen molar-refractivity contribution in [2.24, 2.45) is 5.41 Å². The molecule has 40 heavy (non-hydrogen) atoms. The molecule has 2 aromatic rings. The molecule has 2 N–H and O–H groups in total. The second kappa shape index (κ2) is 11.2. The molecule has 2 saturated heterocycles. The Bertz CT molecular complexity index is 1300. The minimum atomic E-state index is -4.48. The van der Waals surface area contributed by atoms with E-state index >= 15 is 0 Å². The first-order valence-electron chi connectivity index (χ1n) is 14.2. The van der Waals surface area contributed by atoms with Crippen LogP contribution < -0.4 is 16.2 Å². The molecule has 1 aliphatic carbocycles. The van der Waals surface area contributed by atoms with Crippen LogP contribution in [-0.4, -0.2) is 54.8 Å². The van der Waals surface area contributed by atoms with Gasteiger partial charge in [-0.2, -0.15) is 13.2 Å². The second-order valence-corrected chi connectivity index (χ2v) is 11.8. The summed E-state index contributed by atoms with van der Waals surface area (Å²) in [4.78, 5) is 29.4. The van der Waals surface area contributed by atoms with Crippen LogP contribution in [0.3, 0.4) is 0 Å². The Balaban J connectivity index is 1.45. The number of carbonyl (C=O) groups excluding carboxylic acids is 1. The summed E-state index contributed by atoms with van der Waals surface area (Å²) in [5, 5.41) is 6.47. The minimum absolute atomic E-state index is 0.0768. The van der Waals surface area contributed by atoms with E-state index in [2.05, 4.69) is 22.6 Å². The molecule has 5 rings (SSSR count). The Hall–Kier alpha value is -2.85. The lowest BCUT2D eigenvalue weighted by Gasteiger charge is -2.54. The van der Waals surface area contributed by atoms with E-state index in [1.165, 1.54) is 19.1 Å². The third-order valence-corrected chi connectivity index (χ3v) is 9.20. The summed E-state index contributed by atoms with van der Waals surface area (Å²) in [6, 6.07) is 4.93. The minimum Gasteiger partial charge on any atom is -0.381 e. The second-order valence-electron chi connectivity index (χ2n) is 11.8. The highest BCUT2D eigenvalue weighted by atomic mass is 19.4. The van der Waals surface area contributed by atoms with Crippen molar-refractivity contribution >= 4 is 11.6 Å². The number of ether oxygens (including phenoxy) is 1. The lowest BCUT2D eigenvalue weighted by atomic mass is 9.60. The Kier molecular flexibility index (Phi) is 8.03. The van der Waals surface area contributed by atoms with Gasteiger partial charge in [0.25, 0.3) is 11.5 Å². The largest absolute Gasteiger partial charge is 0.416 e. The third kappa shape index (κ3) is 5.65. The number of rotatable bonds is 6. The fourth-order valence-corrected chi connectivity index (χ4v) is 6.87. The highest BCUT2D eigenvalue weighted by Gasteiger charge is 2.48. The highest BCUT2D eigenvalue weighted by Crippen LogP contribution is 2.49. The van der Waals surface area contributed by atoms with Gasteiger partial charge >= 0.3 is 6.18 Å². The van der Waals surface area contributed by atoms with E-state index in [0.717, 1.165) is 44.8 Å². The van der Waals surface area contributed by atoms with Crippen LogP contribution in [0.1, 0.15) is 84.6 Å². The molecule has 7 nitrogen and oxygen atoms in total. The molecule has 3 aliphatic rings. The number of piperidine rings is 1. The number of amides is 1. The SMILES string of the molecule is Cc1c([C@@H](C)NC(=O)c2cn(C3CCOCC3)c(=O)cc2N[C@@H]2CC[C@]23CCCN(C)C3)cccc1C(F)(F)F. The van der Waals surface area contributed by atoms with Crippen LogP contribution in [0.4, 0.5) is 18.9 Å². The Morgan fingerprint density at radius 1 is 1.18 bits per heavy atom. The van der Waals surface area contributed by atoms with Crippen molar-refractivity contribution in [2.75, 3.05) is 38.7 Å². The van der Waals surface area contributed by atoms with E-state index in [9.17, 15) is 22.8 Å². The third-order valence-electron chi connectivity index (χ3n) is 9.20. The molecule has 10 heteroatoms. The van der Waals surface area contributed by atoms with Crippen LogP contribution in [0.15, 0.2) is 35.3 Å². The van der Waals surface area contributed by atoms with Crippen molar-refractivity contribution in [3.8, 4) is 0 Å². The maximum atomic E-state index is 13.8. The number of likely N-dealkylation sites (tertiary alicyclic amines) is 1. The first-order valence-corrected chi connectivity index (χ1v) is 14.2. The van der Waals surface area contributed by atoms with Crippen molar-refractivity contribution in [3.05, 3.63) is 63.1 Å². The number of carbonyl (C=O) groups is 1. The van der Waals surface area contributed by atoms with Gasteiger partial charge in [-0.3, -0.25) is 9.59 Å². The molecule has 0 bridgehead atoms. The normalized spacial score (nSPS) is 24.9. The molecular weight excluding hydrogens is 521 g/mol. The molecule has 1 aromatic carbocycles. The van der Waals surface area contributed by atoms with Gasteiger partial charge in [0.1, 0.15) is 0 Å². The van der Waals surface area contributed by atoms with Crippen LogP contribution in [0.25, 0.3) is 0 Å². The summed E-state index contributed by atoms with van der Waals surface area (Å²) in [6.07, 6.45) is 2.76. The topological polar surface area (TPSA) is 75.6 Å². The summed E-state index contributed by atoms with van der Waals surface area (Å²) in [6.45, 7) is 6.23. The monoisotopic (exact) mass is 560 g/mol. The quantitative estimate of drug-likeness (QED) is 0.501. The number of halogens is 3. The van der Waals surface area contributed by atoms with Gasteiger partial charge in [0.15, 0.2) is 0 Å². The predicted molar refractivity (Wildman–Crippen MR) is 148 cm³/mol. The van der Waals surface area contributed by atoms with Gasteiger partial charge < -0.3 is 24.8 Å². The van der Waals surface area contributed by atoms with E-state index in [4.69, 9.17) is 4.74 Å². The van der Waals surface area contributed by atoms with Crippen LogP contribution in [0.5, 0.6) is 0 Å². The molecule has 3 fully saturated rings. The van der Waals surface area contributed by atoms with Gasteiger partial charge in [-0.1, -0.05) is 12.1 Å². The van der Waals surface area contributed by atoms with Gasteiger partial charge in [-0.25, -0.2) is 0 Å². The molecule has 1 spiro atoms. The lowest BCUT2D eigenvalue weighted by molar-refractivity contribution is -0.138. The lowest BCUT2D eigenvalue weighted by Crippen LogP contribution is -2.57. The van der Waals surface area contributed by atoms with E-state index in [0.29, 0.717) is 42.9 Å². The Morgan fingerprint density at radius 2 is 1.93 bits per heavy atom. The van der Waals surface area contributed by atoms with Crippen molar-refractivity contribution in [1.29, 1.82) is 0 Å². The fraction of sp³-hybridized carbons (Fsp3) is 0.600. The molecule has 0 radical (unpaired) electrons. The molecule has 1 saturated carbocycles. The molecule has 0 unspecified atom stereocenters. The fourth-order valence-electron chi connectivity index (χ4n) is 6.87. The number of nitrogens with one attached hydrogen (secondary N) is 2. The number of hydrogen-bond acceptors (Lipinski definition) is 5. The molecule has 3 atom stereocenters. The Labute approximate surface area is 233 Å². The predicted octanol–water partition coefficient (Wildman–Crippen LogP) is 5.30. The van der Waals surface area contributed by atoms with Crippen molar-refractivity contribution in [2.45, 2.75) is 76.7 Å². The number of nitrogens with zero attached hydrogens (tertiary/aromatic N) is 2. The molecule has 1 amide bonds. The maximum Gasteiger partial charge on any atom is 0.416 e. The first kappa shape index (κ1) is 28.7. The van der Waals surface area contributed by atoms with Gasteiger partial charge in [0, 0.05) is 49.5 Å². The number of pyridine rings is 1. The van der Waals surface area contributed by atoms with Crippen molar-refractivity contribution in [1.82, 2.24) is 14.8 Å². The standard InChI is InChI=1S/C30H39F3N4O3/c1-19-22(6-4-7-24(19)30(31,32)33)20(2)34-28(39)23-17-37(21-9-14-40-15-10-21)27(38)16-25(23)35-26-8-12-29(26)11-5-13-36(3)18-29/h4,6-7,16-17,20-21,26,35H,5,8-15,18H2,1-3H3,(H,34,39)/t20-,26-,29+/m1/s1. The average Bonchev–Trinajstić information content (AvgIpc) is 2.91. The molecular formula is C30H39F3N4O3. The number of aromatic nitrogens is 1. The average molecular weight is 561 g/mol. The summed E-state index contributed by atoms with van der Waals surface area (Å²) in [5.41, 5.74) is 0.518. The van der Waals surface area contributed by atoms with Crippen LogP contribution in [-0.2, 0) is 10.9 Å². The Morgan fingerprint density at radius 3 is 2.58 bits per heavy atom. The van der Waals surface area contributed by atoms with Crippen LogP contribution >= 0.6 is 0 Å². The zero-order valence-electron chi connectivity index (χ0n) is 23.4. The molecule has 218 valence electrons. The first-order chi connectivity index (χ1) is 19.0. The zero-order chi connectivity index (χ0) is 28.7. The molecule has 3 heterocycles.